The number of aromatic nitrogens is 3. The lowest BCUT2D eigenvalue weighted by Gasteiger charge is -2.09. The minimum absolute atomic E-state index is 0.0357. The van der Waals surface area contributed by atoms with Gasteiger partial charge in [0.15, 0.2) is 15.0 Å². The summed E-state index contributed by atoms with van der Waals surface area (Å²) in [5.41, 5.74) is 1.82. The first-order chi connectivity index (χ1) is 17.2. The van der Waals surface area contributed by atoms with Crippen LogP contribution < -0.4 is 5.32 Å². The van der Waals surface area contributed by atoms with Gasteiger partial charge in [0, 0.05) is 12.2 Å². The van der Waals surface area contributed by atoms with Crippen molar-refractivity contribution in [3.05, 3.63) is 65.5 Å². The number of aryl methyl sites for hydroxylation is 1. The van der Waals surface area contributed by atoms with E-state index in [1.807, 2.05) is 20.8 Å². The van der Waals surface area contributed by atoms with Gasteiger partial charge in [0.25, 0.3) is 0 Å². The number of carbonyl (C=O) groups excluding carboxylic acids is 2. The number of esters is 1. The number of amides is 1. The minimum Gasteiger partial charge on any atom is -0.462 e. The van der Waals surface area contributed by atoms with E-state index in [9.17, 15) is 18.0 Å². The molecule has 36 heavy (non-hydrogen) atoms. The summed E-state index contributed by atoms with van der Waals surface area (Å²) in [7, 11) is -3.59. The molecule has 192 valence electrons. The molecule has 9 nitrogen and oxygen atoms in total. The number of sulfone groups is 1. The second-order valence-electron chi connectivity index (χ2n) is 8.12. The van der Waals surface area contributed by atoms with Gasteiger partial charge in [-0.25, -0.2) is 13.2 Å². The van der Waals surface area contributed by atoms with E-state index in [0.29, 0.717) is 35.4 Å². The molecule has 0 radical (unpaired) electrons. The van der Waals surface area contributed by atoms with Crippen LogP contribution in [-0.4, -0.2) is 47.4 Å². The van der Waals surface area contributed by atoms with E-state index in [-0.39, 0.29) is 22.3 Å². The van der Waals surface area contributed by atoms with E-state index in [1.54, 1.807) is 53.1 Å². The summed E-state index contributed by atoms with van der Waals surface area (Å²) in [6, 6.07) is 13.2. The van der Waals surface area contributed by atoms with Crippen LogP contribution in [0.3, 0.4) is 0 Å². The highest BCUT2D eigenvalue weighted by Gasteiger charge is 2.21. The molecule has 0 saturated heterocycles. The van der Waals surface area contributed by atoms with Crippen LogP contribution in [0.4, 0.5) is 5.69 Å². The van der Waals surface area contributed by atoms with Crippen molar-refractivity contribution in [2.24, 2.45) is 0 Å². The molecular weight excluding hydrogens is 500 g/mol. The Kier molecular flexibility index (Phi) is 9.65. The van der Waals surface area contributed by atoms with Crippen LogP contribution in [-0.2, 0) is 31.7 Å². The number of thioether (sulfide) groups is 1. The average molecular weight is 531 g/mol. The predicted molar refractivity (Wildman–Crippen MR) is 139 cm³/mol. The topological polar surface area (TPSA) is 120 Å². The Balaban J connectivity index is 1.61. The molecule has 11 heteroatoms. The highest BCUT2D eigenvalue weighted by molar-refractivity contribution is 7.99. The van der Waals surface area contributed by atoms with Crippen molar-refractivity contribution in [2.75, 3.05) is 17.7 Å². The number of hydrogen-bond acceptors (Lipinski definition) is 8. The van der Waals surface area contributed by atoms with Crippen molar-refractivity contribution >= 4 is 39.2 Å². The van der Waals surface area contributed by atoms with E-state index in [0.717, 1.165) is 30.2 Å². The number of nitrogens with one attached hydrogen (secondary N) is 1. The second-order valence-corrected chi connectivity index (χ2v) is 11.1. The van der Waals surface area contributed by atoms with Crippen molar-refractivity contribution in [3.63, 3.8) is 0 Å². The van der Waals surface area contributed by atoms with Crippen molar-refractivity contribution in [2.45, 2.75) is 56.0 Å². The molecule has 1 amide bonds. The third kappa shape index (κ3) is 7.41. The third-order valence-corrected chi connectivity index (χ3v) is 7.85. The Hall–Kier alpha value is -3.18. The number of ether oxygens (including phenoxy) is 1. The normalized spacial score (nSPS) is 11.3. The van der Waals surface area contributed by atoms with Gasteiger partial charge in [-0.3, -0.25) is 4.79 Å². The van der Waals surface area contributed by atoms with Crippen LogP contribution in [0.15, 0.2) is 58.6 Å². The second kappa shape index (κ2) is 12.7. The van der Waals surface area contributed by atoms with Gasteiger partial charge >= 0.3 is 5.97 Å². The molecule has 1 heterocycles. The lowest BCUT2D eigenvalue weighted by molar-refractivity contribution is -0.113. The Morgan fingerprint density at radius 3 is 2.53 bits per heavy atom. The summed E-state index contributed by atoms with van der Waals surface area (Å²) < 4.78 is 32.6. The predicted octanol–water partition coefficient (Wildman–Crippen LogP) is 4.27. The molecule has 0 aliphatic heterocycles. The number of nitrogens with zero attached hydrogens (tertiary/aromatic N) is 3. The Labute approximate surface area is 215 Å². The standard InChI is InChI=1S/C25H30N4O5S2/c1-4-6-14-34-24(31)19-8-7-9-20(15-19)26-23(30)16-35-25-28-27-22(29(25)5-2)17-36(32,33)21-12-10-18(3)11-13-21/h7-13,15H,4-6,14,16-17H2,1-3H3,(H,26,30). The zero-order chi connectivity index (χ0) is 26.1. The number of anilines is 1. The van der Waals surface area contributed by atoms with E-state index in [2.05, 4.69) is 15.5 Å². The Morgan fingerprint density at radius 2 is 1.83 bits per heavy atom. The molecule has 1 aromatic heterocycles. The molecule has 0 saturated carbocycles. The zero-order valence-corrected chi connectivity index (χ0v) is 22.2. The molecule has 2 aromatic carbocycles. The molecule has 0 fully saturated rings. The van der Waals surface area contributed by atoms with Crippen LogP contribution in [0.2, 0.25) is 0 Å². The van der Waals surface area contributed by atoms with Gasteiger partial charge in [-0.05, 0) is 50.6 Å². The van der Waals surface area contributed by atoms with Gasteiger partial charge < -0.3 is 14.6 Å². The fourth-order valence-electron chi connectivity index (χ4n) is 3.29. The number of hydrogen-bond donors (Lipinski definition) is 1. The Bertz CT molecular complexity index is 1300. The first kappa shape index (κ1) is 27.4. The summed E-state index contributed by atoms with van der Waals surface area (Å²) in [6.45, 7) is 6.58. The first-order valence-corrected chi connectivity index (χ1v) is 14.3. The molecule has 0 spiro atoms. The average Bonchev–Trinajstić information content (AvgIpc) is 3.23. The zero-order valence-electron chi connectivity index (χ0n) is 20.6. The van der Waals surface area contributed by atoms with Crippen LogP contribution >= 0.6 is 11.8 Å². The van der Waals surface area contributed by atoms with E-state index < -0.39 is 15.8 Å². The Morgan fingerprint density at radius 1 is 1.08 bits per heavy atom. The maximum Gasteiger partial charge on any atom is 0.338 e. The van der Waals surface area contributed by atoms with Crippen molar-refractivity contribution < 1.29 is 22.7 Å². The molecule has 1 N–H and O–H groups in total. The lowest BCUT2D eigenvalue weighted by Crippen LogP contribution is -2.16. The molecular formula is C25H30N4O5S2. The lowest BCUT2D eigenvalue weighted by atomic mass is 10.2. The van der Waals surface area contributed by atoms with Crippen molar-refractivity contribution in [1.82, 2.24) is 14.8 Å². The smallest absolute Gasteiger partial charge is 0.338 e. The van der Waals surface area contributed by atoms with Gasteiger partial charge in [0.2, 0.25) is 5.91 Å². The van der Waals surface area contributed by atoms with Gasteiger partial charge in [0.1, 0.15) is 11.6 Å². The summed E-state index contributed by atoms with van der Waals surface area (Å²) >= 11 is 1.16. The van der Waals surface area contributed by atoms with Gasteiger partial charge in [-0.1, -0.05) is 48.9 Å². The van der Waals surface area contributed by atoms with Gasteiger partial charge in [-0.15, -0.1) is 10.2 Å². The highest BCUT2D eigenvalue weighted by Crippen LogP contribution is 2.22. The van der Waals surface area contributed by atoms with Crippen LogP contribution in [0, 0.1) is 6.92 Å². The van der Waals surface area contributed by atoms with Crippen molar-refractivity contribution in [3.8, 4) is 0 Å². The summed E-state index contributed by atoms with van der Waals surface area (Å²) in [4.78, 5) is 24.9. The maximum atomic E-state index is 12.8. The van der Waals surface area contributed by atoms with Gasteiger partial charge in [0.05, 0.1) is 22.8 Å². The quantitative estimate of drug-likeness (QED) is 0.209. The summed E-state index contributed by atoms with van der Waals surface area (Å²) in [6.07, 6.45) is 1.72. The van der Waals surface area contributed by atoms with Gasteiger partial charge in [-0.2, -0.15) is 0 Å². The molecule has 0 atom stereocenters. The molecule has 0 bridgehead atoms. The number of rotatable bonds is 12. The number of benzene rings is 2. The first-order valence-electron chi connectivity index (χ1n) is 11.6. The molecule has 0 unspecified atom stereocenters. The van der Waals surface area contributed by atoms with E-state index in [1.165, 1.54) is 0 Å². The summed E-state index contributed by atoms with van der Waals surface area (Å²) in [5.74, 6) is -0.664. The molecule has 0 aliphatic rings. The summed E-state index contributed by atoms with van der Waals surface area (Å²) in [5, 5.41) is 11.4. The minimum atomic E-state index is -3.59. The number of unbranched alkanes of at least 4 members (excludes halogenated alkanes) is 1. The van der Waals surface area contributed by atoms with Crippen molar-refractivity contribution in [1.29, 1.82) is 0 Å². The largest absolute Gasteiger partial charge is 0.462 e. The highest BCUT2D eigenvalue weighted by atomic mass is 32.2. The molecule has 0 aliphatic carbocycles. The monoisotopic (exact) mass is 530 g/mol. The van der Waals surface area contributed by atoms with E-state index in [4.69, 9.17) is 4.74 Å². The fraction of sp³-hybridized carbons (Fsp3) is 0.360. The SMILES string of the molecule is CCCCOC(=O)c1cccc(NC(=O)CSc2nnc(CS(=O)(=O)c3ccc(C)cc3)n2CC)c1. The van der Waals surface area contributed by atoms with Crippen LogP contribution in [0.5, 0.6) is 0 Å². The third-order valence-electron chi connectivity index (χ3n) is 5.25. The van der Waals surface area contributed by atoms with E-state index >= 15 is 0 Å². The molecule has 3 aromatic rings. The number of carbonyl (C=O) groups is 2. The fourth-order valence-corrected chi connectivity index (χ4v) is 5.38. The molecule has 3 rings (SSSR count). The van der Waals surface area contributed by atoms with Crippen LogP contribution in [0.25, 0.3) is 0 Å². The maximum absolute atomic E-state index is 12.8. The van der Waals surface area contributed by atoms with Crippen LogP contribution in [0.1, 0.15) is 48.4 Å².